The minimum absolute atomic E-state index is 0.495. The molecule has 0 saturated heterocycles. The molecule has 0 spiro atoms. The van der Waals surface area contributed by atoms with Crippen molar-refractivity contribution in [3.63, 3.8) is 0 Å². The van der Waals surface area contributed by atoms with Crippen molar-refractivity contribution in [1.29, 1.82) is 0 Å². The number of aromatic nitrogens is 3. The Hall–Kier alpha value is -3.98. The molecule has 0 atom stereocenters. The molecule has 0 saturated carbocycles. The van der Waals surface area contributed by atoms with Crippen molar-refractivity contribution in [2.45, 2.75) is 113 Å². The Morgan fingerprint density at radius 3 is 1.77 bits per heavy atom. The van der Waals surface area contributed by atoms with Crippen molar-refractivity contribution in [2.75, 3.05) is 0 Å². The number of fused-ring (bicyclic) bond motifs is 3. The lowest BCUT2D eigenvalue weighted by Gasteiger charge is -2.16. The van der Waals surface area contributed by atoms with Gasteiger partial charge in [0.1, 0.15) is 0 Å². The minimum Gasteiger partial charge on any atom is -0.350 e. The van der Waals surface area contributed by atoms with Gasteiger partial charge < -0.3 is 4.57 Å². The van der Waals surface area contributed by atoms with Crippen LogP contribution < -0.4 is 0 Å². The van der Waals surface area contributed by atoms with Gasteiger partial charge in [0, 0.05) is 46.8 Å². The van der Waals surface area contributed by atoms with Gasteiger partial charge in [-0.3, -0.25) is 9.97 Å². The van der Waals surface area contributed by atoms with Crippen LogP contribution in [0.5, 0.6) is 0 Å². The quantitative estimate of drug-likeness (QED) is 0.190. The molecule has 0 fully saturated rings. The maximum absolute atomic E-state index is 4.68. The molecule has 3 aromatic carbocycles. The fraction of sp³-hybridized carbons (Fsp3) is 0.409. The molecule has 6 aromatic rings. The van der Waals surface area contributed by atoms with Crippen LogP contribution in [0.25, 0.3) is 32.7 Å². The summed E-state index contributed by atoms with van der Waals surface area (Å²) >= 11 is 0. The van der Waals surface area contributed by atoms with Gasteiger partial charge in [0.15, 0.2) is 0 Å². The van der Waals surface area contributed by atoms with Gasteiger partial charge >= 0.3 is 0 Å². The monoisotopic (exact) mass is 629 g/mol. The highest BCUT2D eigenvalue weighted by Crippen LogP contribution is 2.30. The molecular weight excluding hydrogens is 571 g/mol. The molecule has 3 aromatic heterocycles. The summed E-state index contributed by atoms with van der Waals surface area (Å²) in [4.78, 5) is 9.10. The van der Waals surface area contributed by atoms with E-state index >= 15 is 0 Å². The highest BCUT2D eigenvalue weighted by molar-refractivity contribution is 5.84. The summed E-state index contributed by atoms with van der Waals surface area (Å²) in [5, 5.41) is 3.88. The summed E-state index contributed by atoms with van der Waals surface area (Å²) < 4.78 is 2.20. The molecule has 0 aliphatic carbocycles. The standard InChI is InChI=1S/2C15H19N.C12H15N.C2H6/c1-10(2)12-5-8-15-13(9-12)6-7-14(16-15)11(3)4;1-10(2)13-8-12-6-5-7-16-15(12)9-14(13)11(3)4;1-9(2)11-8-13(3)12-7-5-4-6-10(11)12;1-2/h2*5-11H,1-4H3;4-9H,1-3H3;1-2H3. The highest BCUT2D eigenvalue weighted by atomic mass is 14.9. The maximum atomic E-state index is 4.68. The zero-order valence-corrected chi connectivity index (χ0v) is 31.4. The van der Waals surface area contributed by atoms with E-state index in [1.165, 1.54) is 49.6 Å². The molecule has 0 aliphatic heterocycles. The lowest BCUT2D eigenvalue weighted by atomic mass is 9.89. The first-order valence-corrected chi connectivity index (χ1v) is 17.7. The lowest BCUT2D eigenvalue weighted by molar-refractivity contribution is 0.792. The van der Waals surface area contributed by atoms with E-state index < -0.39 is 0 Å². The van der Waals surface area contributed by atoms with E-state index in [1.807, 2.05) is 26.1 Å². The normalized spacial score (nSPS) is 11.2. The van der Waals surface area contributed by atoms with Crippen LogP contribution >= 0.6 is 0 Å². The molecule has 0 bridgehead atoms. The van der Waals surface area contributed by atoms with Gasteiger partial charge in [0.05, 0.1) is 11.0 Å². The van der Waals surface area contributed by atoms with Crippen molar-refractivity contribution in [3.8, 4) is 0 Å². The van der Waals surface area contributed by atoms with Crippen LogP contribution in [0.4, 0.5) is 0 Å². The lowest BCUT2D eigenvalue weighted by Crippen LogP contribution is -1.99. The SMILES string of the molecule is CC.CC(C)c1cc2cccnc2cc1C(C)C.CC(C)c1ccc2nc(C(C)C)ccc2c1.CC(C)c1cn(C)c2ccccc12. The van der Waals surface area contributed by atoms with Crippen molar-refractivity contribution >= 4 is 32.7 Å². The summed E-state index contributed by atoms with van der Waals surface area (Å²) in [6.07, 6.45) is 4.09. The molecule has 3 nitrogen and oxygen atoms in total. The number of nitrogens with zero attached hydrogens (tertiary/aromatic N) is 3. The molecule has 0 unspecified atom stereocenters. The predicted molar refractivity (Wildman–Crippen MR) is 208 cm³/mol. The van der Waals surface area contributed by atoms with Crippen molar-refractivity contribution in [2.24, 2.45) is 7.05 Å². The Bertz CT molecular complexity index is 1760. The second-order valence-corrected chi connectivity index (χ2v) is 13.9. The van der Waals surface area contributed by atoms with Gasteiger partial charge in [-0.2, -0.15) is 0 Å². The summed E-state index contributed by atoms with van der Waals surface area (Å²) in [7, 11) is 2.11. The highest BCUT2D eigenvalue weighted by Gasteiger charge is 2.12. The number of hydrogen-bond acceptors (Lipinski definition) is 2. The second kappa shape index (κ2) is 17.3. The number of para-hydroxylation sites is 1. The Kier molecular flexibility index (Phi) is 13.8. The number of aryl methyl sites for hydroxylation is 1. The van der Waals surface area contributed by atoms with Crippen LogP contribution in [0.1, 0.15) is 141 Å². The van der Waals surface area contributed by atoms with Gasteiger partial charge in [-0.15, -0.1) is 0 Å². The molecule has 250 valence electrons. The van der Waals surface area contributed by atoms with E-state index in [4.69, 9.17) is 0 Å². The molecule has 0 N–H and O–H groups in total. The van der Waals surface area contributed by atoms with E-state index in [9.17, 15) is 0 Å². The molecule has 0 aliphatic rings. The average molecular weight is 630 g/mol. The van der Waals surface area contributed by atoms with E-state index in [0.717, 1.165) is 11.0 Å². The fourth-order valence-corrected chi connectivity index (χ4v) is 5.83. The summed E-state index contributed by atoms with van der Waals surface area (Å²) in [5.74, 6) is 2.81. The van der Waals surface area contributed by atoms with Crippen molar-refractivity contribution in [1.82, 2.24) is 14.5 Å². The van der Waals surface area contributed by atoms with E-state index in [1.54, 1.807) is 0 Å². The number of rotatable bonds is 5. The van der Waals surface area contributed by atoms with Crippen LogP contribution in [-0.2, 0) is 7.05 Å². The molecule has 0 radical (unpaired) electrons. The van der Waals surface area contributed by atoms with Crippen molar-refractivity contribution in [3.05, 3.63) is 119 Å². The molecule has 6 rings (SSSR count). The van der Waals surface area contributed by atoms with E-state index in [0.29, 0.717) is 29.6 Å². The van der Waals surface area contributed by atoms with Crippen LogP contribution in [0.2, 0.25) is 0 Å². The Morgan fingerprint density at radius 2 is 1.15 bits per heavy atom. The fourth-order valence-electron chi connectivity index (χ4n) is 5.83. The molecule has 3 heterocycles. The second-order valence-electron chi connectivity index (χ2n) is 13.9. The number of benzene rings is 3. The molecule has 3 heteroatoms. The zero-order chi connectivity index (χ0) is 34.8. The zero-order valence-electron chi connectivity index (χ0n) is 31.4. The van der Waals surface area contributed by atoms with Gasteiger partial charge in [-0.25, -0.2) is 0 Å². The van der Waals surface area contributed by atoms with Crippen LogP contribution in [0.3, 0.4) is 0 Å². The van der Waals surface area contributed by atoms with Gasteiger partial charge in [-0.05, 0) is 94.3 Å². The van der Waals surface area contributed by atoms with Gasteiger partial charge in [0.25, 0.3) is 0 Å². The van der Waals surface area contributed by atoms with Crippen molar-refractivity contribution < 1.29 is 0 Å². The maximum Gasteiger partial charge on any atom is 0.0705 e. The first-order chi connectivity index (χ1) is 22.4. The number of hydrogen-bond donors (Lipinski definition) is 0. The first-order valence-electron chi connectivity index (χ1n) is 17.7. The average Bonchev–Trinajstić information content (AvgIpc) is 3.41. The Balaban J connectivity index is 0.000000188. The molecule has 47 heavy (non-hydrogen) atoms. The molecular formula is C44H59N3. The van der Waals surface area contributed by atoms with Gasteiger partial charge in [-0.1, -0.05) is 119 Å². The van der Waals surface area contributed by atoms with Gasteiger partial charge in [0.2, 0.25) is 0 Å². The summed E-state index contributed by atoms with van der Waals surface area (Å²) in [6.45, 7) is 26.3. The minimum atomic E-state index is 0.495. The predicted octanol–water partition coefficient (Wildman–Crippen LogP) is 13.3. The summed E-state index contributed by atoms with van der Waals surface area (Å²) in [5.41, 5.74) is 10.4. The van der Waals surface area contributed by atoms with Crippen LogP contribution in [0, 0.1) is 0 Å². The van der Waals surface area contributed by atoms with Crippen LogP contribution in [-0.4, -0.2) is 14.5 Å². The summed E-state index contributed by atoms with van der Waals surface area (Å²) in [6, 6.07) is 28.1. The first kappa shape index (κ1) is 37.5. The van der Waals surface area contributed by atoms with E-state index in [-0.39, 0.29) is 0 Å². The van der Waals surface area contributed by atoms with E-state index in [2.05, 4.69) is 170 Å². The third-order valence-corrected chi connectivity index (χ3v) is 8.59. The largest absolute Gasteiger partial charge is 0.350 e. The third kappa shape index (κ3) is 9.53. The number of pyridine rings is 2. The topological polar surface area (TPSA) is 30.7 Å². The Labute approximate surface area is 285 Å². The molecule has 0 amide bonds. The Morgan fingerprint density at radius 1 is 0.532 bits per heavy atom. The third-order valence-electron chi connectivity index (χ3n) is 8.59. The van der Waals surface area contributed by atoms with Crippen LogP contribution in [0.15, 0.2) is 91.3 Å². The smallest absolute Gasteiger partial charge is 0.0705 e.